The SMILES string of the molecule is CC(CF)(OP(=O)(O)O)C(N)=O. The molecule has 0 rings (SSSR count). The van der Waals surface area contributed by atoms with E-state index < -0.39 is 26.0 Å². The highest BCUT2D eigenvalue weighted by Crippen LogP contribution is 2.41. The van der Waals surface area contributed by atoms with Crippen molar-refractivity contribution in [3.8, 4) is 0 Å². The van der Waals surface area contributed by atoms with Crippen molar-refractivity contribution in [2.24, 2.45) is 5.73 Å². The minimum absolute atomic E-state index is 0.856. The summed E-state index contributed by atoms with van der Waals surface area (Å²) in [5.74, 6) is -1.27. The number of hydrogen-bond donors (Lipinski definition) is 3. The number of halogens is 1. The van der Waals surface area contributed by atoms with Crippen molar-refractivity contribution in [3.05, 3.63) is 0 Å². The maximum absolute atomic E-state index is 12.1. The molecular formula is C4H9FNO5P. The number of carbonyl (C=O) groups is 1. The topological polar surface area (TPSA) is 110 Å². The van der Waals surface area contributed by atoms with Crippen molar-refractivity contribution in [1.29, 1.82) is 0 Å². The first kappa shape index (κ1) is 11.5. The van der Waals surface area contributed by atoms with Crippen LogP contribution in [-0.2, 0) is 13.9 Å². The highest BCUT2D eigenvalue weighted by atomic mass is 31.2. The summed E-state index contributed by atoms with van der Waals surface area (Å²) >= 11 is 0. The zero-order valence-electron chi connectivity index (χ0n) is 6.23. The van der Waals surface area contributed by atoms with Gasteiger partial charge in [-0.15, -0.1) is 0 Å². The van der Waals surface area contributed by atoms with Crippen molar-refractivity contribution in [2.45, 2.75) is 12.5 Å². The van der Waals surface area contributed by atoms with E-state index in [4.69, 9.17) is 9.79 Å². The lowest BCUT2D eigenvalue weighted by Gasteiger charge is -2.22. The van der Waals surface area contributed by atoms with Crippen LogP contribution < -0.4 is 5.73 Å². The van der Waals surface area contributed by atoms with Gasteiger partial charge in [-0.25, -0.2) is 8.96 Å². The molecule has 0 aromatic carbocycles. The first-order valence-corrected chi connectivity index (χ1v) is 4.36. The Kier molecular flexibility index (Phi) is 3.34. The van der Waals surface area contributed by atoms with E-state index in [1.807, 2.05) is 0 Å². The quantitative estimate of drug-likeness (QED) is 0.521. The summed E-state index contributed by atoms with van der Waals surface area (Å²) in [5, 5.41) is 0. The summed E-state index contributed by atoms with van der Waals surface area (Å²) in [6.07, 6.45) is 0. The van der Waals surface area contributed by atoms with Gasteiger partial charge in [-0.1, -0.05) is 0 Å². The van der Waals surface area contributed by atoms with E-state index in [9.17, 15) is 13.8 Å². The van der Waals surface area contributed by atoms with Gasteiger partial charge in [0.05, 0.1) is 0 Å². The molecule has 6 nitrogen and oxygen atoms in total. The lowest BCUT2D eigenvalue weighted by Crippen LogP contribution is -2.44. The molecule has 0 bridgehead atoms. The van der Waals surface area contributed by atoms with Gasteiger partial charge in [-0.2, -0.15) is 0 Å². The first-order chi connectivity index (χ1) is 5.21. The molecule has 72 valence electrons. The molecule has 1 atom stereocenters. The van der Waals surface area contributed by atoms with Gasteiger partial charge in [-0.05, 0) is 6.92 Å². The number of alkyl halides is 1. The highest BCUT2D eigenvalue weighted by Gasteiger charge is 2.39. The Hall–Kier alpha value is -0.490. The Labute approximate surface area is 67.8 Å². The van der Waals surface area contributed by atoms with Crippen LogP contribution in [0, 0.1) is 0 Å². The molecule has 1 amide bonds. The van der Waals surface area contributed by atoms with Gasteiger partial charge in [0.25, 0.3) is 5.91 Å². The molecule has 0 aliphatic rings. The molecule has 0 spiro atoms. The third-order valence-electron chi connectivity index (χ3n) is 1.10. The highest BCUT2D eigenvalue weighted by molar-refractivity contribution is 7.46. The van der Waals surface area contributed by atoms with E-state index in [2.05, 4.69) is 10.3 Å². The van der Waals surface area contributed by atoms with Crippen LogP contribution in [0.3, 0.4) is 0 Å². The Morgan fingerprint density at radius 1 is 1.75 bits per heavy atom. The van der Waals surface area contributed by atoms with Crippen molar-refractivity contribution >= 4 is 13.7 Å². The summed E-state index contributed by atoms with van der Waals surface area (Å²) in [5.41, 5.74) is 2.38. The van der Waals surface area contributed by atoms with E-state index in [1.54, 1.807) is 0 Å². The standard InChI is InChI=1S/C4H9FNO5P/c1-4(2-5,3(6)7)11-12(8,9)10/h2H2,1H3,(H2,6,7)(H2,8,9,10). The van der Waals surface area contributed by atoms with Crippen molar-refractivity contribution in [1.82, 2.24) is 0 Å². The van der Waals surface area contributed by atoms with E-state index >= 15 is 0 Å². The van der Waals surface area contributed by atoms with Crippen LogP contribution in [0.1, 0.15) is 6.92 Å². The lowest BCUT2D eigenvalue weighted by atomic mass is 10.1. The van der Waals surface area contributed by atoms with Gasteiger partial charge < -0.3 is 15.5 Å². The average Bonchev–Trinajstić information content (AvgIpc) is 1.83. The normalized spacial score (nSPS) is 17.0. The van der Waals surface area contributed by atoms with Crippen LogP contribution in [0.25, 0.3) is 0 Å². The summed E-state index contributed by atoms with van der Waals surface area (Å²) in [6, 6.07) is 0. The van der Waals surface area contributed by atoms with Gasteiger partial charge in [-0.3, -0.25) is 9.32 Å². The monoisotopic (exact) mass is 201 g/mol. The van der Waals surface area contributed by atoms with Gasteiger partial charge in [0.1, 0.15) is 6.67 Å². The molecule has 1 unspecified atom stereocenters. The van der Waals surface area contributed by atoms with Crippen LogP contribution in [0.5, 0.6) is 0 Å². The number of amides is 1. The second-order valence-electron chi connectivity index (χ2n) is 2.31. The molecule has 0 aliphatic heterocycles. The number of nitrogens with two attached hydrogens (primary N) is 1. The van der Waals surface area contributed by atoms with Crippen molar-refractivity contribution < 1.29 is 28.1 Å². The maximum Gasteiger partial charge on any atom is 0.470 e. The molecule has 0 aliphatic carbocycles. The molecule has 0 radical (unpaired) electrons. The summed E-state index contributed by atoms with van der Waals surface area (Å²) < 4.78 is 26.1. The molecule has 0 aromatic heterocycles. The van der Waals surface area contributed by atoms with Crippen LogP contribution in [0.15, 0.2) is 0 Å². The van der Waals surface area contributed by atoms with Crippen molar-refractivity contribution in [2.75, 3.05) is 6.67 Å². The summed E-state index contributed by atoms with van der Waals surface area (Å²) in [6.45, 7) is -0.540. The van der Waals surface area contributed by atoms with Crippen LogP contribution in [0.2, 0.25) is 0 Å². The number of primary amides is 1. The summed E-state index contributed by atoms with van der Waals surface area (Å²) in [7, 11) is -4.90. The maximum atomic E-state index is 12.1. The Morgan fingerprint density at radius 2 is 2.17 bits per heavy atom. The average molecular weight is 201 g/mol. The molecule has 12 heavy (non-hydrogen) atoms. The third kappa shape index (κ3) is 3.27. The molecule has 0 saturated heterocycles. The number of phosphoric ester groups is 1. The second-order valence-corrected chi connectivity index (χ2v) is 3.47. The minimum Gasteiger partial charge on any atom is -0.367 e. The number of phosphoric acid groups is 1. The van der Waals surface area contributed by atoms with Crippen LogP contribution in [0.4, 0.5) is 4.39 Å². The Morgan fingerprint density at radius 3 is 2.25 bits per heavy atom. The fourth-order valence-corrected chi connectivity index (χ4v) is 1.06. The summed E-state index contributed by atoms with van der Waals surface area (Å²) in [4.78, 5) is 26.9. The molecule has 0 fully saturated rings. The van der Waals surface area contributed by atoms with Gasteiger partial charge in [0.2, 0.25) is 0 Å². The second kappa shape index (κ2) is 3.49. The van der Waals surface area contributed by atoms with E-state index in [1.165, 1.54) is 0 Å². The van der Waals surface area contributed by atoms with Crippen molar-refractivity contribution in [3.63, 3.8) is 0 Å². The zero-order chi connectivity index (χ0) is 9.99. The van der Waals surface area contributed by atoms with Gasteiger partial charge in [0.15, 0.2) is 5.60 Å². The lowest BCUT2D eigenvalue weighted by molar-refractivity contribution is -0.134. The van der Waals surface area contributed by atoms with Gasteiger partial charge in [0, 0.05) is 0 Å². The Bertz CT molecular complexity index is 227. The Balaban J connectivity index is 4.57. The van der Waals surface area contributed by atoms with Crippen LogP contribution >= 0.6 is 7.82 Å². The molecule has 0 heterocycles. The molecule has 4 N–H and O–H groups in total. The predicted octanol–water partition coefficient (Wildman–Crippen LogP) is -0.691. The number of hydrogen-bond acceptors (Lipinski definition) is 3. The van der Waals surface area contributed by atoms with E-state index in [-0.39, 0.29) is 0 Å². The number of rotatable bonds is 4. The molecule has 0 saturated carbocycles. The number of carbonyl (C=O) groups excluding carboxylic acids is 1. The van der Waals surface area contributed by atoms with Crippen LogP contribution in [-0.4, -0.2) is 28.0 Å². The smallest absolute Gasteiger partial charge is 0.367 e. The van der Waals surface area contributed by atoms with E-state index in [0.29, 0.717) is 0 Å². The zero-order valence-corrected chi connectivity index (χ0v) is 7.12. The fourth-order valence-electron chi connectivity index (χ4n) is 0.398. The predicted molar refractivity (Wildman–Crippen MR) is 36.7 cm³/mol. The minimum atomic E-state index is -4.90. The largest absolute Gasteiger partial charge is 0.470 e. The van der Waals surface area contributed by atoms with Gasteiger partial charge >= 0.3 is 7.82 Å². The molecular weight excluding hydrogens is 192 g/mol. The fraction of sp³-hybridized carbons (Fsp3) is 0.750. The first-order valence-electron chi connectivity index (χ1n) is 2.83. The molecule has 0 aromatic rings. The molecule has 8 heteroatoms. The van der Waals surface area contributed by atoms with E-state index in [0.717, 1.165) is 6.92 Å². The third-order valence-corrected chi connectivity index (χ3v) is 1.74.